The largest absolute Gasteiger partial charge is 0.480 e. The first-order valence-corrected chi connectivity index (χ1v) is 3.83. The molecule has 1 N–H and O–H groups in total. The van der Waals surface area contributed by atoms with E-state index in [4.69, 9.17) is 5.11 Å². The minimum absolute atomic E-state index is 0.132. The standard InChI is InChI=1S/C5H7IO2/c6-4(5(7)8)3-1-2-3/h3-4H,1-2H2,(H,7,8). The molecule has 0 bridgehead atoms. The van der Waals surface area contributed by atoms with Gasteiger partial charge in [0.25, 0.3) is 0 Å². The molecule has 0 spiro atoms. The summed E-state index contributed by atoms with van der Waals surface area (Å²) in [5.41, 5.74) is 0. The highest BCUT2D eigenvalue weighted by atomic mass is 127. The second kappa shape index (κ2) is 2.21. The molecule has 8 heavy (non-hydrogen) atoms. The van der Waals surface area contributed by atoms with Gasteiger partial charge in [0, 0.05) is 0 Å². The van der Waals surface area contributed by atoms with E-state index >= 15 is 0 Å². The van der Waals surface area contributed by atoms with Gasteiger partial charge in [0.05, 0.1) is 0 Å². The summed E-state index contributed by atoms with van der Waals surface area (Å²) in [6.07, 6.45) is 2.22. The molecule has 1 saturated carbocycles. The first-order valence-electron chi connectivity index (χ1n) is 2.58. The number of rotatable bonds is 2. The van der Waals surface area contributed by atoms with Gasteiger partial charge in [-0.25, -0.2) is 0 Å². The van der Waals surface area contributed by atoms with Crippen LogP contribution in [0.2, 0.25) is 0 Å². The van der Waals surface area contributed by atoms with Crippen molar-refractivity contribution in [1.82, 2.24) is 0 Å². The van der Waals surface area contributed by atoms with Crippen molar-refractivity contribution in [3.8, 4) is 0 Å². The summed E-state index contributed by atoms with van der Waals surface area (Å²) in [5, 5.41) is 8.38. The van der Waals surface area contributed by atoms with Gasteiger partial charge in [0.2, 0.25) is 0 Å². The molecule has 0 aromatic heterocycles. The molecule has 0 aromatic rings. The van der Waals surface area contributed by atoms with E-state index in [1.54, 1.807) is 0 Å². The maximum Gasteiger partial charge on any atom is 0.316 e. The topological polar surface area (TPSA) is 37.3 Å². The second-order valence-electron chi connectivity index (χ2n) is 2.08. The second-order valence-corrected chi connectivity index (χ2v) is 3.42. The van der Waals surface area contributed by atoms with E-state index in [1.807, 2.05) is 22.6 Å². The fourth-order valence-corrected chi connectivity index (χ4v) is 1.31. The number of alkyl halides is 1. The van der Waals surface area contributed by atoms with Crippen molar-refractivity contribution in [1.29, 1.82) is 0 Å². The van der Waals surface area contributed by atoms with Gasteiger partial charge in [-0.2, -0.15) is 0 Å². The summed E-state index contributed by atoms with van der Waals surface area (Å²) >= 11 is 1.98. The molecule has 1 fully saturated rings. The molecule has 0 heterocycles. The Balaban J connectivity index is 2.32. The highest BCUT2D eigenvalue weighted by Crippen LogP contribution is 2.36. The van der Waals surface area contributed by atoms with E-state index in [9.17, 15) is 4.79 Å². The average molecular weight is 226 g/mol. The SMILES string of the molecule is O=C(O)C(I)C1CC1. The van der Waals surface area contributed by atoms with Crippen molar-refractivity contribution in [2.24, 2.45) is 5.92 Å². The Morgan fingerprint density at radius 1 is 1.75 bits per heavy atom. The molecule has 1 aliphatic carbocycles. The Labute approximate surface area is 61.4 Å². The third-order valence-corrected chi connectivity index (χ3v) is 2.82. The molecule has 0 radical (unpaired) electrons. The molecular formula is C5H7IO2. The smallest absolute Gasteiger partial charge is 0.316 e. The highest BCUT2D eigenvalue weighted by molar-refractivity contribution is 14.1. The lowest BCUT2D eigenvalue weighted by atomic mass is 10.3. The molecule has 46 valence electrons. The van der Waals surface area contributed by atoms with E-state index in [0.717, 1.165) is 12.8 Å². The number of hydrogen-bond acceptors (Lipinski definition) is 1. The molecule has 0 amide bonds. The summed E-state index contributed by atoms with van der Waals surface area (Å²) in [6.45, 7) is 0. The molecule has 0 aromatic carbocycles. The zero-order chi connectivity index (χ0) is 6.15. The Kier molecular flexibility index (Phi) is 1.74. The molecular weight excluding hydrogens is 219 g/mol. The van der Waals surface area contributed by atoms with Gasteiger partial charge < -0.3 is 5.11 Å². The molecule has 1 rings (SSSR count). The van der Waals surface area contributed by atoms with E-state index in [0.29, 0.717) is 5.92 Å². The number of carboxylic acid groups (broad SMARTS) is 1. The van der Waals surface area contributed by atoms with Crippen LogP contribution < -0.4 is 0 Å². The molecule has 2 nitrogen and oxygen atoms in total. The van der Waals surface area contributed by atoms with Gasteiger partial charge >= 0.3 is 5.97 Å². The predicted octanol–water partition coefficient (Wildman–Crippen LogP) is 1.28. The van der Waals surface area contributed by atoms with Crippen LogP contribution in [0.25, 0.3) is 0 Å². The van der Waals surface area contributed by atoms with Crippen LogP contribution >= 0.6 is 22.6 Å². The predicted molar refractivity (Wildman–Crippen MR) is 38.2 cm³/mol. The maximum atomic E-state index is 10.2. The van der Waals surface area contributed by atoms with Crippen LogP contribution in [-0.2, 0) is 4.79 Å². The van der Waals surface area contributed by atoms with Crippen molar-refractivity contribution >= 4 is 28.6 Å². The Bertz CT molecular complexity index is 109. The van der Waals surface area contributed by atoms with E-state index < -0.39 is 5.97 Å². The number of carboxylic acids is 1. The average Bonchev–Trinajstić information content (AvgIpc) is 2.43. The van der Waals surface area contributed by atoms with Crippen molar-refractivity contribution in [2.75, 3.05) is 0 Å². The van der Waals surface area contributed by atoms with Crippen LogP contribution in [0.15, 0.2) is 0 Å². The number of aliphatic carboxylic acids is 1. The van der Waals surface area contributed by atoms with Gasteiger partial charge in [-0.3, -0.25) is 4.79 Å². The first kappa shape index (κ1) is 6.32. The Hall–Kier alpha value is 0.200. The molecule has 1 unspecified atom stereocenters. The monoisotopic (exact) mass is 226 g/mol. The quantitative estimate of drug-likeness (QED) is 0.568. The Morgan fingerprint density at radius 2 is 2.25 bits per heavy atom. The number of halogens is 1. The van der Waals surface area contributed by atoms with E-state index in [2.05, 4.69) is 0 Å². The van der Waals surface area contributed by atoms with Gasteiger partial charge in [-0.1, -0.05) is 22.6 Å². The normalized spacial score (nSPS) is 22.6. The summed E-state index contributed by atoms with van der Waals surface area (Å²) in [4.78, 5) is 10.2. The zero-order valence-corrected chi connectivity index (χ0v) is 6.46. The fourth-order valence-electron chi connectivity index (χ4n) is 0.591. The van der Waals surface area contributed by atoms with Crippen molar-refractivity contribution < 1.29 is 9.90 Å². The zero-order valence-electron chi connectivity index (χ0n) is 4.30. The minimum atomic E-state index is -0.659. The van der Waals surface area contributed by atoms with Crippen LogP contribution in [0, 0.1) is 5.92 Å². The van der Waals surface area contributed by atoms with Gasteiger partial charge in [-0.15, -0.1) is 0 Å². The summed E-state index contributed by atoms with van der Waals surface area (Å²) < 4.78 is -0.132. The van der Waals surface area contributed by atoms with Crippen LogP contribution in [0.1, 0.15) is 12.8 Å². The maximum absolute atomic E-state index is 10.2. The van der Waals surface area contributed by atoms with Crippen molar-refractivity contribution in [3.63, 3.8) is 0 Å². The van der Waals surface area contributed by atoms with E-state index in [-0.39, 0.29) is 3.92 Å². The van der Waals surface area contributed by atoms with Gasteiger partial charge in [0.1, 0.15) is 3.92 Å². The Morgan fingerprint density at radius 3 is 2.38 bits per heavy atom. The molecule has 0 saturated heterocycles. The lowest BCUT2D eigenvalue weighted by Crippen LogP contribution is -2.13. The van der Waals surface area contributed by atoms with Crippen LogP contribution in [-0.4, -0.2) is 15.0 Å². The number of carbonyl (C=O) groups is 1. The van der Waals surface area contributed by atoms with Gasteiger partial charge in [-0.05, 0) is 18.8 Å². The minimum Gasteiger partial charge on any atom is -0.480 e. The first-order chi connectivity index (χ1) is 3.72. The van der Waals surface area contributed by atoms with Crippen LogP contribution in [0.4, 0.5) is 0 Å². The molecule has 0 aliphatic heterocycles. The summed E-state index contributed by atoms with van der Waals surface area (Å²) in [7, 11) is 0. The van der Waals surface area contributed by atoms with Crippen molar-refractivity contribution in [3.05, 3.63) is 0 Å². The van der Waals surface area contributed by atoms with Gasteiger partial charge in [0.15, 0.2) is 0 Å². The van der Waals surface area contributed by atoms with E-state index in [1.165, 1.54) is 0 Å². The fraction of sp³-hybridized carbons (Fsp3) is 0.800. The third-order valence-electron chi connectivity index (χ3n) is 1.27. The number of hydrogen-bond donors (Lipinski definition) is 1. The highest BCUT2D eigenvalue weighted by Gasteiger charge is 2.33. The molecule has 1 aliphatic rings. The lowest BCUT2D eigenvalue weighted by molar-refractivity contribution is -0.136. The lowest BCUT2D eigenvalue weighted by Gasteiger charge is -1.97. The third kappa shape index (κ3) is 1.34. The summed E-state index contributed by atoms with van der Waals surface area (Å²) in [5.74, 6) is -0.179. The van der Waals surface area contributed by atoms with Crippen LogP contribution in [0.3, 0.4) is 0 Å². The molecule has 3 heteroatoms. The van der Waals surface area contributed by atoms with Crippen LogP contribution in [0.5, 0.6) is 0 Å². The van der Waals surface area contributed by atoms with Crippen molar-refractivity contribution in [2.45, 2.75) is 16.8 Å². The molecule has 1 atom stereocenters. The summed E-state index contributed by atoms with van der Waals surface area (Å²) in [6, 6.07) is 0.